The molecule has 0 unspecified atom stereocenters. The number of rotatable bonds is 20. The highest BCUT2D eigenvalue weighted by Crippen LogP contribution is 2.28. The third-order valence-electron chi connectivity index (χ3n) is 6.89. The minimum atomic E-state index is -1.28. The van der Waals surface area contributed by atoms with Crippen LogP contribution < -0.4 is 11.2 Å². The predicted octanol–water partition coefficient (Wildman–Crippen LogP) is 4.43. The van der Waals surface area contributed by atoms with Gasteiger partial charge in [-0.05, 0) is 6.42 Å². The molecule has 1 fully saturated rings. The van der Waals surface area contributed by atoms with Crippen LogP contribution >= 0.6 is 0 Å². The number of hydrogen-bond acceptors (Lipinski definition) is 6. The van der Waals surface area contributed by atoms with Gasteiger partial charge in [0, 0.05) is 18.9 Å². The van der Waals surface area contributed by atoms with Crippen molar-refractivity contribution >= 4 is 0 Å². The third kappa shape index (κ3) is 11.4. The summed E-state index contributed by atoms with van der Waals surface area (Å²) in [6.45, 7) is 2.99. The molecule has 2 heterocycles. The zero-order valence-corrected chi connectivity index (χ0v) is 21.7. The molecule has 0 radical (unpaired) electrons. The second kappa shape index (κ2) is 17.9. The molecule has 1 aliphatic heterocycles. The average Bonchev–Trinajstić information content (AvgIpc) is 3.12. The molecule has 1 saturated heterocycles. The van der Waals surface area contributed by atoms with Gasteiger partial charge in [0.05, 0.1) is 6.61 Å². The van der Waals surface area contributed by atoms with Crippen LogP contribution in [0.1, 0.15) is 116 Å². The number of nitrogens with one attached hydrogen (secondary N) is 1. The number of hydrogen-bond donors (Lipinski definition) is 3. The van der Waals surface area contributed by atoms with Gasteiger partial charge in [-0.25, -0.2) is 4.79 Å². The number of nitrogens with zero attached hydrogens (tertiary/aromatic N) is 1. The van der Waals surface area contributed by atoms with E-state index in [-0.39, 0.29) is 6.61 Å². The van der Waals surface area contributed by atoms with Gasteiger partial charge in [-0.15, -0.1) is 0 Å². The molecule has 2 rings (SSSR count). The summed E-state index contributed by atoms with van der Waals surface area (Å²) >= 11 is 0. The molecule has 0 spiro atoms. The Hall–Kier alpha value is -1.48. The third-order valence-corrected chi connectivity index (χ3v) is 6.89. The Morgan fingerprint density at radius 3 is 1.86 bits per heavy atom. The first-order chi connectivity index (χ1) is 17.0. The summed E-state index contributed by atoms with van der Waals surface area (Å²) in [7, 11) is 0. The molecular weight excluding hydrogens is 448 g/mol. The number of H-pyrrole nitrogens is 1. The van der Waals surface area contributed by atoms with Gasteiger partial charge in [-0.2, -0.15) is 0 Å². The summed E-state index contributed by atoms with van der Waals surface area (Å²) < 4.78 is 12.4. The van der Waals surface area contributed by atoms with Crippen LogP contribution in [-0.4, -0.2) is 51.3 Å². The lowest BCUT2D eigenvalue weighted by Gasteiger charge is -2.16. The fourth-order valence-electron chi connectivity index (χ4n) is 4.68. The minimum absolute atomic E-state index is 0.144. The number of aliphatic hydroxyl groups is 2. The van der Waals surface area contributed by atoms with E-state index in [9.17, 15) is 19.8 Å². The molecule has 0 saturated carbocycles. The van der Waals surface area contributed by atoms with Crippen molar-refractivity contribution in [2.45, 2.75) is 134 Å². The van der Waals surface area contributed by atoms with Crippen LogP contribution in [0, 0.1) is 0 Å². The zero-order chi connectivity index (χ0) is 25.3. The molecular formula is C27H48N2O6. The van der Waals surface area contributed by atoms with Crippen molar-refractivity contribution in [3.63, 3.8) is 0 Å². The summed E-state index contributed by atoms with van der Waals surface area (Å²) in [6, 6.07) is 1.17. The molecule has 0 amide bonds. The second-order valence-electron chi connectivity index (χ2n) is 9.94. The molecule has 4 atom stereocenters. The molecule has 202 valence electrons. The first-order valence-corrected chi connectivity index (χ1v) is 14.0. The highest BCUT2D eigenvalue weighted by atomic mass is 16.6. The molecule has 1 aromatic heterocycles. The summed E-state index contributed by atoms with van der Waals surface area (Å²) in [5.41, 5.74) is -1.22. The first-order valence-electron chi connectivity index (χ1n) is 14.0. The van der Waals surface area contributed by atoms with E-state index in [1.165, 1.54) is 102 Å². The average molecular weight is 497 g/mol. The Bertz CT molecular complexity index is 779. The topological polar surface area (TPSA) is 114 Å². The van der Waals surface area contributed by atoms with Gasteiger partial charge in [-0.3, -0.25) is 14.3 Å². The predicted molar refractivity (Wildman–Crippen MR) is 138 cm³/mol. The lowest BCUT2D eigenvalue weighted by atomic mass is 10.0. The van der Waals surface area contributed by atoms with Gasteiger partial charge in [0.15, 0.2) is 6.23 Å². The van der Waals surface area contributed by atoms with Gasteiger partial charge in [-0.1, -0.05) is 103 Å². The van der Waals surface area contributed by atoms with Crippen molar-refractivity contribution in [3.05, 3.63) is 33.1 Å². The van der Waals surface area contributed by atoms with Crippen LogP contribution in [0.25, 0.3) is 0 Å². The van der Waals surface area contributed by atoms with Crippen LogP contribution in [0.5, 0.6) is 0 Å². The van der Waals surface area contributed by atoms with E-state index in [4.69, 9.17) is 9.47 Å². The fraction of sp³-hybridized carbons (Fsp3) is 0.852. The van der Waals surface area contributed by atoms with E-state index < -0.39 is 35.8 Å². The Morgan fingerprint density at radius 2 is 1.34 bits per heavy atom. The highest BCUT2D eigenvalue weighted by molar-refractivity contribution is 4.93. The lowest BCUT2D eigenvalue weighted by Crippen LogP contribution is -2.37. The summed E-state index contributed by atoms with van der Waals surface area (Å²) in [4.78, 5) is 25.3. The molecule has 8 nitrogen and oxygen atoms in total. The van der Waals surface area contributed by atoms with Gasteiger partial charge in [0.1, 0.15) is 18.3 Å². The second-order valence-corrected chi connectivity index (χ2v) is 9.94. The Kier molecular flexibility index (Phi) is 15.2. The Labute approximate surface area is 210 Å². The lowest BCUT2D eigenvalue weighted by molar-refractivity contribution is -0.0686. The fourth-order valence-corrected chi connectivity index (χ4v) is 4.68. The molecule has 0 bridgehead atoms. The maximum atomic E-state index is 11.9. The normalized spacial score (nSPS) is 22.1. The van der Waals surface area contributed by atoms with Crippen molar-refractivity contribution < 1.29 is 19.7 Å². The van der Waals surface area contributed by atoms with Crippen LogP contribution in [-0.2, 0) is 9.47 Å². The number of unbranched alkanes of at least 4 members (excludes halogenated alkanes) is 15. The number of ether oxygens (including phenoxy) is 2. The maximum Gasteiger partial charge on any atom is 0.330 e. The van der Waals surface area contributed by atoms with Gasteiger partial charge >= 0.3 is 5.69 Å². The van der Waals surface area contributed by atoms with Crippen LogP contribution in [0.15, 0.2) is 21.9 Å². The first kappa shape index (κ1) is 29.7. The van der Waals surface area contributed by atoms with Gasteiger partial charge in [0.25, 0.3) is 5.56 Å². The standard InChI is InChI=1S/C27H48N2O6/c1-2-3-4-5-6-7-8-9-10-11-12-13-14-15-16-17-20-34-21-22-24(31)25(32)26(35-22)29-19-18-23(30)28-27(29)33/h18-19,22,24-26,31-32H,2-17,20-21H2,1H3,(H,28,30,33)/t22-,24-,25-,26-/m1/s1. The highest BCUT2D eigenvalue weighted by Gasteiger charge is 2.44. The SMILES string of the molecule is CCCCCCCCCCCCCCCCCCOC[C@H]1O[C@@H](n2ccc(=O)[nH]c2=O)[C@H](O)[C@@H]1O. The Morgan fingerprint density at radius 1 is 0.829 bits per heavy atom. The summed E-state index contributed by atoms with van der Waals surface area (Å²) in [5.74, 6) is 0. The van der Waals surface area contributed by atoms with Crippen molar-refractivity contribution in [3.8, 4) is 0 Å². The molecule has 3 N–H and O–H groups in total. The van der Waals surface area contributed by atoms with E-state index in [0.717, 1.165) is 17.4 Å². The molecule has 35 heavy (non-hydrogen) atoms. The van der Waals surface area contributed by atoms with Crippen molar-refractivity contribution in [2.24, 2.45) is 0 Å². The monoisotopic (exact) mass is 496 g/mol. The molecule has 1 aromatic rings. The molecule has 0 aromatic carbocycles. The maximum absolute atomic E-state index is 11.9. The van der Waals surface area contributed by atoms with E-state index in [0.29, 0.717) is 6.61 Å². The van der Waals surface area contributed by atoms with Gasteiger partial charge < -0.3 is 19.7 Å². The van der Waals surface area contributed by atoms with Crippen molar-refractivity contribution in [2.75, 3.05) is 13.2 Å². The van der Waals surface area contributed by atoms with Gasteiger partial charge in [0.2, 0.25) is 0 Å². The number of aliphatic hydroxyl groups excluding tert-OH is 2. The van der Waals surface area contributed by atoms with E-state index in [2.05, 4.69) is 11.9 Å². The van der Waals surface area contributed by atoms with E-state index in [1.54, 1.807) is 0 Å². The molecule has 0 aliphatic carbocycles. The van der Waals surface area contributed by atoms with Crippen molar-refractivity contribution in [1.82, 2.24) is 9.55 Å². The molecule has 8 heteroatoms. The largest absolute Gasteiger partial charge is 0.387 e. The van der Waals surface area contributed by atoms with Crippen LogP contribution in [0.2, 0.25) is 0 Å². The van der Waals surface area contributed by atoms with E-state index in [1.807, 2.05) is 0 Å². The number of aromatic nitrogens is 2. The summed E-state index contributed by atoms with van der Waals surface area (Å²) in [5, 5.41) is 20.5. The summed E-state index contributed by atoms with van der Waals surface area (Å²) in [6.07, 6.45) is 18.1. The number of aromatic amines is 1. The molecule has 1 aliphatic rings. The van der Waals surface area contributed by atoms with Crippen LogP contribution in [0.4, 0.5) is 0 Å². The zero-order valence-electron chi connectivity index (χ0n) is 21.7. The van der Waals surface area contributed by atoms with Crippen LogP contribution in [0.3, 0.4) is 0 Å². The Balaban J connectivity index is 1.41. The smallest absolute Gasteiger partial charge is 0.330 e. The van der Waals surface area contributed by atoms with Crippen molar-refractivity contribution in [1.29, 1.82) is 0 Å². The quantitative estimate of drug-likeness (QED) is 0.230. The minimum Gasteiger partial charge on any atom is -0.387 e. The van der Waals surface area contributed by atoms with E-state index >= 15 is 0 Å².